The molecule has 0 fully saturated rings. The highest BCUT2D eigenvalue weighted by atomic mass is 35.5. The number of ether oxygens (including phenoxy) is 1. The maximum atomic E-state index is 12.8. The summed E-state index contributed by atoms with van der Waals surface area (Å²) in [5, 5.41) is 0.548. The Hall–Kier alpha value is -2.39. The van der Waals surface area contributed by atoms with Crippen molar-refractivity contribution < 1.29 is 14.3 Å². The molecular weight excluding hydrogens is 300 g/mol. The van der Waals surface area contributed by atoms with Gasteiger partial charge in [-0.1, -0.05) is 41.9 Å². The van der Waals surface area contributed by atoms with Crippen LogP contribution in [-0.4, -0.2) is 18.9 Å². The van der Waals surface area contributed by atoms with E-state index in [9.17, 15) is 9.59 Å². The molecule has 22 heavy (non-hydrogen) atoms. The third-order valence-electron chi connectivity index (χ3n) is 3.26. The van der Waals surface area contributed by atoms with Gasteiger partial charge >= 0.3 is 5.97 Å². The highest BCUT2D eigenvalue weighted by molar-refractivity contribution is 6.33. The van der Waals surface area contributed by atoms with E-state index in [0.717, 1.165) is 0 Å². The molecule has 0 aliphatic rings. The van der Waals surface area contributed by atoms with Gasteiger partial charge in [0, 0.05) is 21.7 Å². The van der Waals surface area contributed by atoms with Crippen molar-refractivity contribution in [2.24, 2.45) is 0 Å². The van der Waals surface area contributed by atoms with Crippen LogP contribution in [0, 0.1) is 0 Å². The van der Waals surface area contributed by atoms with Crippen LogP contribution in [0.25, 0.3) is 5.57 Å². The highest BCUT2D eigenvalue weighted by Gasteiger charge is 2.21. The molecule has 0 aromatic heterocycles. The van der Waals surface area contributed by atoms with Gasteiger partial charge in [0.1, 0.15) is 0 Å². The average Bonchev–Trinajstić information content (AvgIpc) is 2.55. The normalized spacial score (nSPS) is 11.6. The molecule has 2 aromatic rings. The number of hydrogen-bond donors (Lipinski definition) is 0. The Bertz CT molecular complexity index is 716. The lowest BCUT2D eigenvalue weighted by Gasteiger charge is -2.11. The van der Waals surface area contributed by atoms with Gasteiger partial charge in [-0.2, -0.15) is 0 Å². The zero-order valence-corrected chi connectivity index (χ0v) is 13.1. The van der Waals surface area contributed by atoms with Crippen LogP contribution in [0.3, 0.4) is 0 Å². The van der Waals surface area contributed by atoms with Crippen LogP contribution in [-0.2, 0) is 9.53 Å². The predicted molar refractivity (Wildman–Crippen MR) is 86.8 cm³/mol. The van der Waals surface area contributed by atoms with Crippen molar-refractivity contribution in [2.45, 2.75) is 6.92 Å². The summed E-state index contributed by atoms with van der Waals surface area (Å²) in [4.78, 5) is 24.7. The zero-order valence-electron chi connectivity index (χ0n) is 12.3. The lowest BCUT2D eigenvalue weighted by Crippen LogP contribution is -2.11. The second kappa shape index (κ2) is 7.05. The van der Waals surface area contributed by atoms with Crippen LogP contribution in [0.1, 0.15) is 22.8 Å². The fourth-order valence-corrected chi connectivity index (χ4v) is 2.25. The molecule has 0 N–H and O–H groups in total. The summed E-state index contributed by atoms with van der Waals surface area (Å²) < 4.78 is 4.75. The molecule has 0 saturated carbocycles. The van der Waals surface area contributed by atoms with Crippen molar-refractivity contribution in [2.75, 3.05) is 7.11 Å². The molecule has 0 aliphatic heterocycles. The maximum absolute atomic E-state index is 12.8. The first-order chi connectivity index (χ1) is 10.5. The molecular formula is C18H15ClO3. The quantitative estimate of drug-likeness (QED) is 0.483. The topological polar surface area (TPSA) is 43.4 Å². The summed E-state index contributed by atoms with van der Waals surface area (Å²) in [5.74, 6) is -0.771. The van der Waals surface area contributed by atoms with Crippen molar-refractivity contribution in [1.82, 2.24) is 0 Å². The number of benzene rings is 2. The van der Waals surface area contributed by atoms with Gasteiger partial charge in [0.25, 0.3) is 0 Å². The molecule has 0 radical (unpaired) electrons. The number of hydrogen-bond acceptors (Lipinski definition) is 3. The summed E-state index contributed by atoms with van der Waals surface area (Å²) in [6.07, 6.45) is 0. The van der Waals surface area contributed by atoms with Gasteiger partial charge in [-0.15, -0.1) is 0 Å². The number of halogens is 1. The number of carbonyl (C=O) groups excluding carboxylic acids is 2. The van der Waals surface area contributed by atoms with Gasteiger partial charge < -0.3 is 4.74 Å². The van der Waals surface area contributed by atoms with E-state index in [1.165, 1.54) is 7.11 Å². The Balaban J connectivity index is 2.57. The van der Waals surface area contributed by atoms with E-state index < -0.39 is 5.97 Å². The molecule has 4 heteroatoms. The number of esters is 1. The number of allylic oxidation sites excluding steroid dienone is 1. The Morgan fingerprint density at radius 1 is 0.909 bits per heavy atom. The number of ketones is 1. The van der Waals surface area contributed by atoms with Gasteiger partial charge in [0.05, 0.1) is 7.11 Å². The Kier molecular flexibility index (Phi) is 5.12. The first-order valence-electron chi connectivity index (χ1n) is 6.69. The minimum absolute atomic E-state index is 0.245. The van der Waals surface area contributed by atoms with Crippen molar-refractivity contribution in [3.8, 4) is 0 Å². The summed E-state index contributed by atoms with van der Waals surface area (Å²) in [7, 11) is 1.29. The second-order valence-electron chi connectivity index (χ2n) is 4.69. The smallest absolute Gasteiger partial charge is 0.334 e. The second-order valence-corrected chi connectivity index (χ2v) is 5.13. The Labute approximate surface area is 134 Å². The first-order valence-corrected chi connectivity index (χ1v) is 7.07. The standard InChI is InChI=1S/C18H15ClO3/c1-12(18(21)22-2)16(13-6-4-3-5-7-13)17(20)14-8-10-15(19)11-9-14/h3-11H,1-2H3/b16-12-. The summed E-state index contributed by atoms with van der Waals surface area (Å²) in [5.41, 5.74) is 1.74. The van der Waals surface area contributed by atoms with Gasteiger partial charge in [-0.25, -0.2) is 4.79 Å². The molecule has 2 aromatic carbocycles. The van der Waals surface area contributed by atoms with E-state index in [4.69, 9.17) is 16.3 Å². The van der Waals surface area contributed by atoms with Crippen molar-refractivity contribution >= 4 is 28.9 Å². The monoisotopic (exact) mass is 314 g/mol. The van der Waals surface area contributed by atoms with E-state index in [1.807, 2.05) is 18.2 Å². The van der Waals surface area contributed by atoms with E-state index in [-0.39, 0.29) is 11.4 Å². The van der Waals surface area contributed by atoms with Crippen molar-refractivity contribution in [3.63, 3.8) is 0 Å². The summed E-state index contributed by atoms with van der Waals surface area (Å²) in [6.45, 7) is 1.59. The SMILES string of the molecule is COC(=O)/C(C)=C(\C(=O)c1ccc(Cl)cc1)c1ccccc1. The van der Waals surface area contributed by atoms with E-state index in [2.05, 4.69) is 0 Å². The molecule has 0 atom stereocenters. The molecule has 0 spiro atoms. The third kappa shape index (κ3) is 3.43. The fraction of sp³-hybridized carbons (Fsp3) is 0.111. The van der Waals surface area contributed by atoms with Crippen LogP contribution >= 0.6 is 11.6 Å². The molecule has 0 unspecified atom stereocenters. The summed E-state index contributed by atoms with van der Waals surface area (Å²) in [6, 6.07) is 15.6. The molecule has 2 rings (SSSR count). The zero-order chi connectivity index (χ0) is 16.1. The lowest BCUT2D eigenvalue weighted by atomic mass is 9.93. The van der Waals surface area contributed by atoms with E-state index in [1.54, 1.807) is 43.3 Å². The van der Waals surface area contributed by atoms with Crippen LogP contribution in [0.15, 0.2) is 60.2 Å². The predicted octanol–water partition coefficient (Wildman–Crippen LogP) is 4.17. The Morgan fingerprint density at radius 3 is 2.05 bits per heavy atom. The van der Waals surface area contributed by atoms with Crippen LogP contribution in [0.5, 0.6) is 0 Å². The highest BCUT2D eigenvalue weighted by Crippen LogP contribution is 2.25. The molecule has 112 valence electrons. The van der Waals surface area contributed by atoms with Gasteiger partial charge in [0.2, 0.25) is 0 Å². The minimum Gasteiger partial charge on any atom is -0.466 e. The van der Waals surface area contributed by atoms with Gasteiger partial charge in [-0.3, -0.25) is 4.79 Å². The number of methoxy groups -OCH3 is 1. The average molecular weight is 315 g/mol. The fourth-order valence-electron chi connectivity index (χ4n) is 2.12. The minimum atomic E-state index is -0.527. The number of carbonyl (C=O) groups is 2. The largest absolute Gasteiger partial charge is 0.466 e. The molecule has 0 saturated heterocycles. The molecule has 0 heterocycles. The maximum Gasteiger partial charge on any atom is 0.334 e. The molecule has 0 amide bonds. The van der Waals surface area contributed by atoms with E-state index >= 15 is 0 Å². The van der Waals surface area contributed by atoms with Crippen molar-refractivity contribution in [1.29, 1.82) is 0 Å². The van der Waals surface area contributed by atoms with Crippen molar-refractivity contribution in [3.05, 3.63) is 76.3 Å². The van der Waals surface area contributed by atoms with Crippen LogP contribution in [0.4, 0.5) is 0 Å². The number of rotatable bonds is 4. The molecule has 3 nitrogen and oxygen atoms in total. The Morgan fingerprint density at radius 2 is 1.50 bits per heavy atom. The van der Waals surface area contributed by atoms with Crippen LogP contribution in [0.2, 0.25) is 5.02 Å². The molecule has 0 aliphatic carbocycles. The van der Waals surface area contributed by atoms with Gasteiger partial charge in [-0.05, 0) is 36.8 Å². The first kappa shape index (κ1) is 16.0. The summed E-state index contributed by atoms with van der Waals surface area (Å²) >= 11 is 5.85. The number of Topliss-reactive ketones (excluding diaryl/α,β-unsaturated/α-hetero) is 1. The van der Waals surface area contributed by atoms with E-state index in [0.29, 0.717) is 21.7 Å². The molecule has 0 bridgehead atoms. The van der Waals surface area contributed by atoms with Crippen LogP contribution < -0.4 is 0 Å². The lowest BCUT2D eigenvalue weighted by molar-refractivity contribution is -0.135. The third-order valence-corrected chi connectivity index (χ3v) is 3.51. The van der Waals surface area contributed by atoms with Gasteiger partial charge in [0.15, 0.2) is 5.78 Å².